The molecule has 2 unspecified atom stereocenters. The highest BCUT2D eigenvalue weighted by atomic mass is 35.5. The van der Waals surface area contributed by atoms with Gasteiger partial charge in [-0.3, -0.25) is 4.79 Å². The first-order valence-corrected chi connectivity index (χ1v) is 7.83. The predicted molar refractivity (Wildman–Crippen MR) is 81.7 cm³/mol. The van der Waals surface area contributed by atoms with Crippen LogP contribution in [0.15, 0.2) is 12.1 Å². The van der Waals surface area contributed by atoms with E-state index in [1.807, 2.05) is 0 Å². The van der Waals surface area contributed by atoms with Crippen molar-refractivity contribution in [2.24, 2.45) is 0 Å². The molecule has 0 saturated carbocycles. The molecule has 1 aromatic rings. The molecule has 3 rings (SSSR count). The van der Waals surface area contributed by atoms with Crippen molar-refractivity contribution < 1.29 is 24.2 Å². The first kappa shape index (κ1) is 15.8. The number of likely N-dealkylation sites (tertiary alicyclic amines) is 1. The van der Waals surface area contributed by atoms with Crippen LogP contribution in [0.2, 0.25) is 5.02 Å². The van der Waals surface area contributed by atoms with E-state index in [2.05, 4.69) is 0 Å². The number of nitrogens with zero attached hydrogens (tertiary/aromatic N) is 1. The smallest absolute Gasteiger partial charge is 0.338 e. The number of amides is 1. The van der Waals surface area contributed by atoms with E-state index in [-0.39, 0.29) is 17.2 Å². The number of hydrogen-bond acceptors (Lipinski definition) is 4. The molecule has 1 amide bonds. The molecule has 7 heteroatoms. The van der Waals surface area contributed by atoms with Crippen molar-refractivity contribution >= 4 is 29.4 Å². The molecule has 2 aliphatic heterocycles. The maximum atomic E-state index is 12.6. The quantitative estimate of drug-likeness (QED) is 0.836. The summed E-state index contributed by atoms with van der Waals surface area (Å²) in [4.78, 5) is 37.2. The fourth-order valence-electron chi connectivity index (χ4n) is 3.16. The third-order valence-corrected chi connectivity index (χ3v) is 4.60. The molecule has 1 saturated heterocycles. The summed E-state index contributed by atoms with van der Waals surface area (Å²) in [6, 6.07) is 2.13. The predicted octanol–water partition coefficient (Wildman–Crippen LogP) is 2.13. The molecule has 0 spiro atoms. The standard InChI is InChI=1S/C16H16ClNO5/c1-8-5-10-11(16(22)23-8)6-9(7-12(10)17)14(19)18-4-2-3-13(18)15(20)21/h6-8,13H,2-5H2,1H3,(H,20,21). The minimum Gasteiger partial charge on any atom is -0.480 e. The molecule has 2 atom stereocenters. The van der Waals surface area contributed by atoms with Gasteiger partial charge in [0, 0.05) is 23.6 Å². The van der Waals surface area contributed by atoms with Crippen molar-refractivity contribution in [1.29, 1.82) is 0 Å². The first-order chi connectivity index (χ1) is 10.9. The lowest BCUT2D eigenvalue weighted by Gasteiger charge is -2.25. The van der Waals surface area contributed by atoms with E-state index in [1.54, 1.807) is 6.92 Å². The first-order valence-electron chi connectivity index (χ1n) is 7.45. The largest absolute Gasteiger partial charge is 0.480 e. The lowest BCUT2D eigenvalue weighted by molar-refractivity contribution is -0.141. The van der Waals surface area contributed by atoms with Crippen LogP contribution in [-0.4, -0.2) is 46.5 Å². The van der Waals surface area contributed by atoms with Gasteiger partial charge < -0.3 is 14.7 Å². The number of hydrogen-bond donors (Lipinski definition) is 1. The molecular weight excluding hydrogens is 322 g/mol. The molecule has 0 aliphatic carbocycles. The second-order valence-electron chi connectivity index (χ2n) is 5.90. The lowest BCUT2D eigenvalue weighted by atomic mass is 9.96. The van der Waals surface area contributed by atoms with Gasteiger partial charge in [0.15, 0.2) is 0 Å². The SMILES string of the molecule is CC1Cc2c(Cl)cc(C(=O)N3CCCC3C(=O)O)cc2C(=O)O1. The highest BCUT2D eigenvalue weighted by Gasteiger charge is 2.35. The third-order valence-electron chi connectivity index (χ3n) is 4.26. The summed E-state index contributed by atoms with van der Waals surface area (Å²) in [5.74, 6) is -1.95. The zero-order valence-electron chi connectivity index (χ0n) is 12.5. The number of ether oxygens (including phenoxy) is 1. The van der Waals surface area contributed by atoms with Crippen LogP contribution in [0.3, 0.4) is 0 Å². The molecule has 1 N–H and O–H groups in total. The van der Waals surface area contributed by atoms with Crippen LogP contribution in [0.5, 0.6) is 0 Å². The van der Waals surface area contributed by atoms with E-state index in [0.29, 0.717) is 36.4 Å². The Hall–Kier alpha value is -2.08. The number of rotatable bonds is 2. The van der Waals surface area contributed by atoms with E-state index in [0.717, 1.165) is 0 Å². The van der Waals surface area contributed by atoms with Crippen molar-refractivity contribution in [3.63, 3.8) is 0 Å². The number of esters is 1. The van der Waals surface area contributed by atoms with Crippen LogP contribution in [0.25, 0.3) is 0 Å². The van der Waals surface area contributed by atoms with Crippen molar-refractivity contribution in [3.8, 4) is 0 Å². The van der Waals surface area contributed by atoms with E-state index in [1.165, 1.54) is 17.0 Å². The molecule has 6 nitrogen and oxygen atoms in total. The Morgan fingerprint density at radius 2 is 2.13 bits per heavy atom. The van der Waals surface area contributed by atoms with Crippen molar-refractivity contribution in [2.75, 3.05) is 6.54 Å². The summed E-state index contributed by atoms with van der Waals surface area (Å²) in [7, 11) is 0. The minimum absolute atomic E-state index is 0.216. The molecule has 0 bridgehead atoms. The van der Waals surface area contributed by atoms with Gasteiger partial charge in [-0.25, -0.2) is 9.59 Å². The number of carbonyl (C=O) groups is 3. The average Bonchev–Trinajstić information content (AvgIpc) is 2.97. The summed E-state index contributed by atoms with van der Waals surface area (Å²) >= 11 is 6.23. The number of benzene rings is 1. The molecule has 0 radical (unpaired) electrons. The van der Waals surface area contributed by atoms with Crippen LogP contribution < -0.4 is 0 Å². The molecule has 2 aliphatic rings. The van der Waals surface area contributed by atoms with Crippen LogP contribution in [0.1, 0.15) is 46.0 Å². The Kier molecular flexibility index (Phi) is 4.02. The number of fused-ring (bicyclic) bond motifs is 1. The van der Waals surface area contributed by atoms with Crippen LogP contribution in [0.4, 0.5) is 0 Å². The van der Waals surface area contributed by atoms with Gasteiger partial charge in [0.2, 0.25) is 0 Å². The van der Waals surface area contributed by atoms with E-state index >= 15 is 0 Å². The van der Waals surface area contributed by atoms with Gasteiger partial charge in [0.1, 0.15) is 12.1 Å². The minimum atomic E-state index is -1.02. The van der Waals surface area contributed by atoms with Gasteiger partial charge in [0.05, 0.1) is 5.56 Å². The fraction of sp³-hybridized carbons (Fsp3) is 0.438. The molecule has 2 heterocycles. The molecular formula is C16H16ClNO5. The summed E-state index contributed by atoms with van der Waals surface area (Å²) in [6.07, 6.45) is 1.31. The number of aliphatic carboxylic acids is 1. The number of carboxylic acids is 1. The second kappa shape index (κ2) is 5.85. The Morgan fingerprint density at radius 3 is 2.83 bits per heavy atom. The van der Waals surface area contributed by atoms with E-state index in [4.69, 9.17) is 16.3 Å². The van der Waals surface area contributed by atoms with Gasteiger partial charge >= 0.3 is 11.9 Å². The maximum Gasteiger partial charge on any atom is 0.338 e. The van der Waals surface area contributed by atoms with E-state index < -0.39 is 23.9 Å². The van der Waals surface area contributed by atoms with E-state index in [9.17, 15) is 19.5 Å². The number of carboxylic acid groups (broad SMARTS) is 1. The summed E-state index contributed by atoms with van der Waals surface area (Å²) in [5.41, 5.74) is 1.17. The summed E-state index contributed by atoms with van der Waals surface area (Å²) in [6.45, 7) is 2.16. The lowest BCUT2D eigenvalue weighted by Crippen LogP contribution is -2.40. The highest BCUT2D eigenvalue weighted by molar-refractivity contribution is 6.32. The Morgan fingerprint density at radius 1 is 1.39 bits per heavy atom. The fourth-order valence-corrected chi connectivity index (χ4v) is 3.45. The molecule has 122 valence electrons. The highest BCUT2D eigenvalue weighted by Crippen LogP contribution is 2.30. The Balaban J connectivity index is 1.97. The van der Waals surface area contributed by atoms with Gasteiger partial charge in [0.25, 0.3) is 5.91 Å². The Bertz CT molecular complexity index is 702. The molecule has 1 aromatic carbocycles. The monoisotopic (exact) mass is 337 g/mol. The average molecular weight is 338 g/mol. The van der Waals surface area contributed by atoms with Crippen molar-refractivity contribution in [3.05, 3.63) is 33.8 Å². The second-order valence-corrected chi connectivity index (χ2v) is 6.31. The third kappa shape index (κ3) is 2.79. The molecule has 23 heavy (non-hydrogen) atoms. The van der Waals surface area contributed by atoms with Gasteiger partial charge in [-0.05, 0) is 37.5 Å². The van der Waals surface area contributed by atoms with Gasteiger partial charge in [-0.1, -0.05) is 11.6 Å². The zero-order chi connectivity index (χ0) is 16.7. The van der Waals surface area contributed by atoms with Crippen molar-refractivity contribution in [1.82, 2.24) is 4.90 Å². The topological polar surface area (TPSA) is 83.9 Å². The molecule has 0 aromatic heterocycles. The van der Waals surface area contributed by atoms with Gasteiger partial charge in [-0.15, -0.1) is 0 Å². The number of carbonyl (C=O) groups excluding carboxylic acids is 2. The van der Waals surface area contributed by atoms with Gasteiger partial charge in [-0.2, -0.15) is 0 Å². The van der Waals surface area contributed by atoms with Crippen LogP contribution in [0, 0.1) is 0 Å². The number of halogens is 1. The normalized spacial score (nSPS) is 23.4. The van der Waals surface area contributed by atoms with Crippen molar-refractivity contribution in [2.45, 2.75) is 38.3 Å². The molecule has 1 fully saturated rings. The summed E-state index contributed by atoms with van der Waals surface area (Å²) in [5, 5.41) is 9.54. The zero-order valence-corrected chi connectivity index (χ0v) is 13.3. The maximum absolute atomic E-state index is 12.6. The van der Waals surface area contributed by atoms with Crippen LogP contribution >= 0.6 is 11.6 Å². The summed E-state index contributed by atoms with van der Waals surface area (Å²) < 4.78 is 5.17. The Labute approximate surface area is 138 Å². The van der Waals surface area contributed by atoms with Crippen LogP contribution in [-0.2, 0) is 16.0 Å². The number of cyclic esters (lactones) is 1.